The predicted octanol–water partition coefficient (Wildman–Crippen LogP) is 2.23. The molecule has 0 spiro atoms. The maximum atomic E-state index is 9.09. The molecule has 98 valence electrons. The van der Waals surface area contributed by atoms with E-state index in [4.69, 9.17) is 5.26 Å². The van der Waals surface area contributed by atoms with Crippen LogP contribution in [0, 0.1) is 11.3 Å². The number of benzene rings is 1. The van der Waals surface area contributed by atoms with Crippen molar-refractivity contribution in [1.82, 2.24) is 15.0 Å². The van der Waals surface area contributed by atoms with Crippen LogP contribution in [0.2, 0.25) is 0 Å². The highest BCUT2D eigenvalue weighted by Gasteiger charge is 2.18. The summed E-state index contributed by atoms with van der Waals surface area (Å²) in [6.45, 7) is 4.50. The molecule has 2 rings (SSSR count). The Hall–Kier alpha value is -2.35. The van der Waals surface area contributed by atoms with Gasteiger partial charge in [-0.2, -0.15) is 5.26 Å². The van der Waals surface area contributed by atoms with Crippen LogP contribution in [0.1, 0.15) is 25.1 Å². The maximum Gasteiger partial charge on any atom is 0.0774 e. The molecule has 0 atom stereocenters. The van der Waals surface area contributed by atoms with Crippen LogP contribution in [0.5, 0.6) is 0 Å². The van der Waals surface area contributed by atoms with Crippen molar-refractivity contribution in [2.24, 2.45) is 7.05 Å². The van der Waals surface area contributed by atoms with Gasteiger partial charge in [0.15, 0.2) is 0 Å². The highest BCUT2D eigenvalue weighted by atomic mass is 15.4. The van der Waals surface area contributed by atoms with E-state index in [-0.39, 0.29) is 0 Å². The van der Waals surface area contributed by atoms with Gasteiger partial charge in [0.25, 0.3) is 0 Å². The summed E-state index contributed by atoms with van der Waals surface area (Å²) in [6.07, 6.45) is 1.74. The van der Waals surface area contributed by atoms with E-state index in [0.717, 1.165) is 16.9 Å². The largest absolute Gasteiger partial charge is 0.379 e. The zero-order chi connectivity index (χ0) is 13.9. The standard InChI is InChI=1S/C14H17N5/c1-14(2,10-15)11-4-6-12(7-5-11)16-8-13-9-17-18-19(13)3/h4-7,9,16H,8H2,1-3H3. The lowest BCUT2D eigenvalue weighted by atomic mass is 9.86. The SMILES string of the molecule is Cn1nncc1CNc1ccc(C(C)(C)C#N)cc1. The first-order chi connectivity index (χ1) is 9.03. The van der Waals surface area contributed by atoms with E-state index in [2.05, 4.69) is 21.7 Å². The summed E-state index contributed by atoms with van der Waals surface area (Å²) in [6, 6.07) is 10.2. The Morgan fingerprint density at radius 1 is 1.32 bits per heavy atom. The van der Waals surface area contributed by atoms with Gasteiger partial charge in [-0.3, -0.25) is 4.68 Å². The third kappa shape index (κ3) is 2.91. The minimum Gasteiger partial charge on any atom is -0.379 e. The lowest BCUT2D eigenvalue weighted by Gasteiger charge is -2.16. The van der Waals surface area contributed by atoms with E-state index in [1.165, 1.54) is 0 Å². The van der Waals surface area contributed by atoms with E-state index >= 15 is 0 Å². The van der Waals surface area contributed by atoms with Gasteiger partial charge in [-0.1, -0.05) is 17.3 Å². The monoisotopic (exact) mass is 255 g/mol. The van der Waals surface area contributed by atoms with Crippen LogP contribution in [0.3, 0.4) is 0 Å². The Bertz CT molecular complexity index is 589. The van der Waals surface area contributed by atoms with Gasteiger partial charge in [0.05, 0.1) is 29.9 Å². The van der Waals surface area contributed by atoms with Crippen LogP contribution < -0.4 is 5.32 Å². The summed E-state index contributed by atoms with van der Waals surface area (Å²) in [7, 11) is 1.86. The zero-order valence-corrected chi connectivity index (χ0v) is 11.4. The van der Waals surface area contributed by atoms with Crippen molar-refractivity contribution in [3.05, 3.63) is 41.7 Å². The number of nitrogens with zero attached hydrogens (tertiary/aromatic N) is 4. The summed E-state index contributed by atoms with van der Waals surface area (Å²) in [5.41, 5.74) is 2.59. The van der Waals surface area contributed by atoms with Crippen LogP contribution in [-0.4, -0.2) is 15.0 Å². The van der Waals surface area contributed by atoms with E-state index in [1.54, 1.807) is 10.9 Å². The fraction of sp³-hybridized carbons (Fsp3) is 0.357. The molecule has 0 saturated carbocycles. The lowest BCUT2D eigenvalue weighted by Crippen LogP contribution is -2.13. The normalized spacial score (nSPS) is 11.1. The summed E-state index contributed by atoms with van der Waals surface area (Å²) in [4.78, 5) is 0. The summed E-state index contributed by atoms with van der Waals surface area (Å²) in [5.74, 6) is 0. The van der Waals surface area contributed by atoms with Crippen molar-refractivity contribution in [2.75, 3.05) is 5.32 Å². The molecule has 1 aromatic heterocycles. The Morgan fingerprint density at radius 3 is 2.53 bits per heavy atom. The first-order valence-electron chi connectivity index (χ1n) is 6.12. The van der Waals surface area contributed by atoms with Crippen LogP contribution in [-0.2, 0) is 19.0 Å². The van der Waals surface area contributed by atoms with Gasteiger partial charge >= 0.3 is 0 Å². The smallest absolute Gasteiger partial charge is 0.0774 e. The molecule has 0 aliphatic rings. The number of hydrogen-bond donors (Lipinski definition) is 1. The molecule has 0 aliphatic carbocycles. The van der Waals surface area contributed by atoms with Crippen molar-refractivity contribution >= 4 is 5.69 Å². The van der Waals surface area contributed by atoms with E-state index in [9.17, 15) is 0 Å². The van der Waals surface area contributed by atoms with E-state index in [0.29, 0.717) is 6.54 Å². The molecule has 0 bridgehead atoms. The highest BCUT2D eigenvalue weighted by molar-refractivity contribution is 5.47. The van der Waals surface area contributed by atoms with Crippen molar-refractivity contribution < 1.29 is 0 Å². The number of aryl methyl sites for hydroxylation is 1. The second-order valence-corrected chi connectivity index (χ2v) is 5.02. The van der Waals surface area contributed by atoms with Crippen LogP contribution in [0.25, 0.3) is 0 Å². The Labute approximate surface area is 112 Å². The molecular formula is C14H17N5. The molecule has 2 aromatic rings. The molecule has 0 aliphatic heterocycles. The molecule has 1 heterocycles. The van der Waals surface area contributed by atoms with Gasteiger partial charge in [0.2, 0.25) is 0 Å². The highest BCUT2D eigenvalue weighted by Crippen LogP contribution is 2.23. The molecular weight excluding hydrogens is 238 g/mol. The predicted molar refractivity (Wildman–Crippen MR) is 73.4 cm³/mol. The number of aromatic nitrogens is 3. The summed E-state index contributed by atoms with van der Waals surface area (Å²) in [5, 5.41) is 20.1. The van der Waals surface area contributed by atoms with Crippen LogP contribution in [0.15, 0.2) is 30.5 Å². The Morgan fingerprint density at radius 2 is 2.00 bits per heavy atom. The minimum atomic E-state index is -0.454. The second-order valence-electron chi connectivity index (χ2n) is 5.02. The molecule has 5 nitrogen and oxygen atoms in total. The quantitative estimate of drug-likeness (QED) is 0.909. The Kier molecular flexibility index (Phi) is 3.52. The van der Waals surface area contributed by atoms with Crippen molar-refractivity contribution in [1.29, 1.82) is 5.26 Å². The van der Waals surface area contributed by atoms with Crippen LogP contribution in [0.4, 0.5) is 5.69 Å². The van der Waals surface area contributed by atoms with E-state index in [1.807, 2.05) is 45.2 Å². The fourth-order valence-electron chi connectivity index (χ4n) is 1.73. The van der Waals surface area contributed by atoms with Gasteiger partial charge < -0.3 is 5.32 Å². The summed E-state index contributed by atoms with van der Waals surface area (Å²) >= 11 is 0. The first-order valence-corrected chi connectivity index (χ1v) is 6.12. The fourth-order valence-corrected chi connectivity index (χ4v) is 1.73. The molecule has 0 fully saturated rings. The molecule has 1 N–H and O–H groups in total. The van der Waals surface area contributed by atoms with Gasteiger partial charge in [-0.15, -0.1) is 5.10 Å². The molecule has 0 radical (unpaired) electrons. The van der Waals surface area contributed by atoms with Gasteiger partial charge in [-0.05, 0) is 31.5 Å². The molecule has 0 saturated heterocycles. The number of hydrogen-bond acceptors (Lipinski definition) is 4. The van der Waals surface area contributed by atoms with Crippen LogP contribution >= 0.6 is 0 Å². The van der Waals surface area contributed by atoms with Crippen molar-refractivity contribution in [3.8, 4) is 6.07 Å². The topological polar surface area (TPSA) is 66.5 Å². The third-order valence-corrected chi connectivity index (χ3v) is 3.17. The summed E-state index contributed by atoms with van der Waals surface area (Å²) < 4.78 is 1.74. The zero-order valence-electron chi connectivity index (χ0n) is 11.4. The number of nitriles is 1. The molecule has 1 aromatic carbocycles. The average Bonchev–Trinajstić information content (AvgIpc) is 2.82. The number of nitrogens with one attached hydrogen (secondary N) is 1. The molecule has 0 unspecified atom stereocenters. The average molecular weight is 255 g/mol. The van der Waals surface area contributed by atoms with E-state index < -0.39 is 5.41 Å². The third-order valence-electron chi connectivity index (χ3n) is 3.17. The van der Waals surface area contributed by atoms with Gasteiger partial charge in [0, 0.05) is 12.7 Å². The number of anilines is 1. The maximum absolute atomic E-state index is 9.09. The molecule has 5 heteroatoms. The second kappa shape index (κ2) is 5.11. The van der Waals surface area contributed by atoms with Crippen molar-refractivity contribution in [3.63, 3.8) is 0 Å². The van der Waals surface area contributed by atoms with Crippen molar-refractivity contribution in [2.45, 2.75) is 25.8 Å². The van der Waals surface area contributed by atoms with Gasteiger partial charge in [-0.25, -0.2) is 0 Å². The van der Waals surface area contributed by atoms with Gasteiger partial charge in [0.1, 0.15) is 0 Å². The molecule has 19 heavy (non-hydrogen) atoms. The Balaban J connectivity index is 2.04. The minimum absolute atomic E-state index is 0.454. The molecule has 0 amide bonds. The number of rotatable bonds is 4. The first kappa shape index (κ1) is 13.1. The lowest BCUT2D eigenvalue weighted by molar-refractivity contribution is 0.683.